The zero-order valence-electron chi connectivity index (χ0n) is 19.2. The van der Waals surface area contributed by atoms with Crippen LogP contribution in [0.25, 0.3) is 5.65 Å². The molecule has 2 saturated heterocycles. The Balaban J connectivity index is 1.30. The third-order valence-corrected chi connectivity index (χ3v) is 7.31. The van der Waals surface area contributed by atoms with Crippen LogP contribution >= 0.6 is 0 Å². The summed E-state index contributed by atoms with van der Waals surface area (Å²) < 4.78 is 33.4. The Kier molecular flexibility index (Phi) is 5.15. The van der Waals surface area contributed by atoms with Gasteiger partial charge in [-0.2, -0.15) is 5.10 Å². The zero-order chi connectivity index (χ0) is 24.3. The number of likely N-dealkylation sites (tertiary alicyclic amines) is 1. The van der Waals surface area contributed by atoms with E-state index in [0.29, 0.717) is 42.8 Å². The van der Waals surface area contributed by atoms with Gasteiger partial charge in [0.2, 0.25) is 0 Å². The van der Waals surface area contributed by atoms with Gasteiger partial charge >= 0.3 is 0 Å². The second kappa shape index (κ2) is 8.13. The lowest BCUT2D eigenvalue weighted by Crippen LogP contribution is -2.79. The minimum Gasteiger partial charge on any atom is -0.487 e. The van der Waals surface area contributed by atoms with Gasteiger partial charge in [-0.15, -0.1) is 0 Å². The van der Waals surface area contributed by atoms with Gasteiger partial charge in [-0.1, -0.05) is 0 Å². The van der Waals surface area contributed by atoms with E-state index in [-0.39, 0.29) is 31.1 Å². The number of carbonyl (C=O) groups excluding carboxylic acids is 1. The van der Waals surface area contributed by atoms with Gasteiger partial charge in [-0.25, -0.2) is 18.3 Å². The van der Waals surface area contributed by atoms with Crippen molar-refractivity contribution in [3.8, 4) is 5.75 Å². The number of aliphatic hydroxyl groups is 1. The van der Waals surface area contributed by atoms with E-state index in [9.17, 15) is 18.7 Å². The molecule has 6 rings (SSSR count). The molecule has 3 aromatic rings. The van der Waals surface area contributed by atoms with E-state index in [1.807, 2.05) is 19.1 Å². The Morgan fingerprint density at radius 2 is 2.20 bits per heavy atom. The van der Waals surface area contributed by atoms with Crippen LogP contribution in [0.15, 0.2) is 36.8 Å². The van der Waals surface area contributed by atoms with Gasteiger partial charge in [-0.3, -0.25) is 9.69 Å². The predicted molar refractivity (Wildman–Crippen MR) is 124 cm³/mol. The topological polar surface area (TPSA) is 95.2 Å². The van der Waals surface area contributed by atoms with Crippen molar-refractivity contribution in [2.45, 2.75) is 43.9 Å². The van der Waals surface area contributed by atoms with Crippen molar-refractivity contribution in [1.29, 1.82) is 0 Å². The largest absolute Gasteiger partial charge is 0.487 e. The summed E-state index contributed by atoms with van der Waals surface area (Å²) in [5, 5.41) is 16.7. The summed E-state index contributed by atoms with van der Waals surface area (Å²) in [6.45, 7) is 2.91. The molecule has 11 heteroatoms. The Labute approximate surface area is 200 Å². The van der Waals surface area contributed by atoms with Gasteiger partial charge in [0.1, 0.15) is 16.9 Å². The number of aromatic nitrogens is 3. The second-order valence-corrected chi connectivity index (χ2v) is 9.71. The standard InChI is InChI=1S/C24H26F2N6O3/c1-24(3-6-33)9-14-7-16(29-23(34)15-10-28-32-5-2-4-27-22(15)32)17(8-20(14)35-24)31-12-18-19(31)11-30(18)13-21(25)26/h2,4-5,7-8,10,18-19,21,33H,3,6,9,11-13H2,1H3,(H,29,34)/t18?,19?,24-/m0/s1. The van der Waals surface area contributed by atoms with E-state index in [4.69, 9.17) is 4.74 Å². The van der Waals surface area contributed by atoms with E-state index in [2.05, 4.69) is 20.3 Å². The molecular formula is C24H26F2N6O3. The van der Waals surface area contributed by atoms with E-state index in [0.717, 1.165) is 17.0 Å². The highest BCUT2D eigenvalue weighted by molar-refractivity contribution is 6.09. The molecule has 3 atom stereocenters. The van der Waals surface area contributed by atoms with Crippen LogP contribution < -0.4 is 15.0 Å². The lowest BCUT2D eigenvalue weighted by Gasteiger charge is -2.63. The Morgan fingerprint density at radius 3 is 2.94 bits per heavy atom. The van der Waals surface area contributed by atoms with Crippen LogP contribution in [0, 0.1) is 0 Å². The molecule has 0 bridgehead atoms. The van der Waals surface area contributed by atoms with E-state index in [1.54, 1.807) is 27.9 Å². The molecule has 184 valence electrons. The summed E-state index contributed by atoms with van der Waals surface area (Å²) in [6.07, 6.45) is 3.57. The van der Waals surface area contributed by atoms with E-state index < -0.39 is 12.0 Å². The summed E-state index contributed by atoms with van der Waals surface area (Å²) in [6, 6.07) is 5.79. The number of benzene rings is 1. The van der Waals surface area contributed by atoms with Crippen LogP contribution in [0.3, 0.4) is 0 Å². The van der Waals surface area contributed by atoms with Crippen molar-refractivity contribution < 1.29 is 23.4 Å². The first kappa shape index (κ1) is 22.2. The van der Waals surface area contributed by atoms with Crippen molar-refractivity contribution in [2.24, 2.45) is 0 Å². The third-order valence-electron chi connectivity index (χ3n) is 7.31. The van der Waals surface area contributed by atoms with Gasteiger partial charge in [0.25, 0.3) is 12.3 Å². The summed E-state index contributed by atoms with van der Waals surface area (Å²) in [5.41, 5.74) is 2.66. The Bertz CT molecular complexity index is 1300. The molecule has 9 nitrogen and oxygen atoms in total. The van der Waals surface area contributed by atoms with Crippen molar-refractivity contribution in [3.05, 3.63) is 47.9 Å². The Hall–Kier alpha value is -3.31. The number of anilines is 2. The molecule has 35 heavy (non-hydrogen) atoms. The van der Waals surface area contributed by atoms with Crippen LogP contribution in [0.2, 0.25) is 0 Å². The lowest BCUT2D eigenvalue weighted by atomic mass is 9.84. The highest BCUT2D eigenvalue weighted by Crippen LogP contribution is 2.47. The number of aliphatic hydroxyl groups excluding tert-OH is 1. The zero-order valence-corrected chi connectivity index (χ0v) is 19.2. The average Bonchev–Trinajstić information content (AvgIpc) is 3.37. The minimum atomic E-state index is -2.35. The number of alkyl halides is 2. The Morgan fingerprint density at radius 1 is 1.34 bits per heavy atom. The summed E-state index contributed by atoms with van der Waals surface area (Å²) in [4.78, 5) is 21.5. The molecule has 1 aromatic carbocycles. The molecule has 0 aliphatic carbocycles. The number of hydrogen-bond acceptors (Lipinski definition) is 7. The van der Waals surface area contributed by atoms with Gasteiger partial charge in [0, 0.05) is 62.6 Å². The maximum absolute atomic E-state index is 13.3. The van der Waals surface area contributed by atoms with Gasteiger partial charge < -0.3 is 20.1 Å². The smallest absolute Gasteiger partial charge is 0.261 e. The number of fused-ring (bicyclic) bond motifs is 3. The SMILES string of the molecule is C[C@]1(CCO)Cc2cc(NC(=O)c3cnn4cccnc34)c(N3CC4C3CN4CC(F)F)cc2O1. The minimum absolute atomic E-state index is 0.0124. The number of carbonyl (C=O) groups is 1. The first-order chi connectivity index (χ1) is 16.8. The molecule has 3 aliphatic heterocycles. The second-order valence-electron chi connectivity index (χ2n) is 9.71. The van der Waals surface area contributed by atoms with Crippen LogP contribution in [-0.4, -0.2) is 80.9 Å². The fourth-order valence-corrected chi connectivity index (χ4v) is 5.45. The van der Waals surface area contributed by atoms with E-state index >= 15 is 0 Å². The lowest BCUT2D eigenvalue weighted by molar-refractivity contribution is -0.0309. The molecule has 2 N–H and O–H groups in total. The third kappa shape index (κ3) is 3.69. The molecule has 0 saturated carbocycles. The molecular weight excluding hydrogens is 458 g/mol. The number of nitrogens with one attached hydrogen (secondary N) is 1. The average molecular weight is 485 g/mol. The van der Waals surface area contributed by atoms with Crippen molar-refractivity contribution in [3.63, 3.8) is 0 Å². The normalized spacial score (nSPS) is 25.1. The monoisotopic (exact) mass is 484 g/mol. The molecule has 5 heterocycles. The number of hydrogen-bond donors (Lipinski definition) is 2. The molecule has 2 unspecified atom stereocenters. The number of rotatable bonds is 7. The number of piperazine rings is 1. The summed E-state index contributed by atoms with van der Waals surface area (Å²) >= 11 is 0. The fourth-order valence-electron chi connectivity index (χ4n) is 5.45. The number of halogens is 2. The number of ether oxygens (including phenoxy) is 1. The molecule has 2 aromatic heterocycles. The van der Waals surface area contributed by atoms with Crippen LogP contribution in [0.1, 0.15) is 29.3 Å². The molecule has 0 spiro atoms. The maximum atomic E-state index is 13.3. The molecule has 3 aliphatic rings. The van der Waals surface area contributed by atoms with Crippen LogP contribution in [-0.2, 0) is 6.42 Å². The van der Waals surface area contributed by atoms with Gasteiger partial charge in [-0.05, 0) is 19.1 Å². The maximum Gasteiger partial charge on any atom is 0.261 e. The van der Waals surface area contributed by atoms with Crippen molar-refractivity contribution in [1.82, 2.24) is 19.5 Å². The molecule has 0 radical (unpaired) electrons. The summed E-state index contributed by atoms with van der Waals surface area (Å²) in [7, 11) is 0. The van der Waals surface area contributed by atoms with Crippen LogP contribution in [0.5, 0.6) is 5.75 Å². The van der Waals surface area contributed by atoms with E-state index in [1.165, 1.54) is 6.20 Å². The van der Waals surface area contributed by atoms with Crippen molar-refractivity contribution in [2.75, 3.05) is 36.5 Å². The first-order valence-corrected chi connectivity index (χ1v) is 11.7. The number of nitrogens with zero attached hydrogens (tertiary/aromatic N) is 5. The predicted octanol–water partition coefficient (Wildman–Crippen LogP) is 2.20. The number of amides is 1. The van der Waals surface area contributed by atoms with Crippen LogP contribution in [0.4, 0.5) is 20.2 Å². The highest BCUT2D eigenvalue weighted by Gasteiger charge is 2.52. The molecule has 1 amide bonds. The van der Waals surface area contributed by atoms with Gasteiger partial charge in [0.05, 0.1) is 30.2 Å². The van der Waals surface area contributed by atoms with Crippen molar-refractivity contribution >= 4 is 22.9 Å². The first-order valence-electron chi connectivity index (χ1n) is 11.7. The fraction of sp³-hybridized carbons (Fsp3) is 0.458. The van der Waals surface area contributed by atoms with Gasteiger partial charge in [0.15, 0.2) is 5.65 Å². The quantitative estimate of drug-likeness (QED) is 0.531. The molecule has 2 fully saturated rings. The highest BCUT2D eigenvalue weighted by atomic mass is 19.3. The summed E-state index contributed by atoms with van der Waals surface area (Å²) in [5.74, 6) is 0.390.